The molecule has 2 aliphatic rings. The summed E-state index contributed by atoms with van der Waals surface area (Å²) in [5.74, 6) is 2.35. The maximum atomic E-state index is 5.57. The molecule has 0 radical (unpaired) electrons. The second-order valence-corrected chi connectivity index (χ2v) is 8.38. The zero-order valence-corrected chi connectivity index (χ0v) is 18.9. The maximum absolute atomic E-state index is 5.57. The average Bonchev–Trinajstić information content (AvgIpc) is 3.30. The minimum Gasteiger partial charge on any atom is -0.497 e. The smallest absolute Gasteiger partial charge is 0.191 e. The molecule has 168 valence electrons. The number of methoxy groups -OCH3 is 1. The molecule has 0 aromatic heterocycles. The first kappa shape index (κ1) is 22.8. The first-order chi connectivity index (χ1) is 14.7. The Labute approximate surface area is 181 Å². The van der Waals surface area contributed by atoms with Gasteiger partial charge < -0.3 is 25.0 Å². The van der Waals surface area contributed by atoms with Crippen LogP contribution in [0.4, 0.5) is 0 Å². The maximum Gasteiger partial charge on any atom is 0.191 e. The van der Waals surface area contributed by atoms with E-state index in [-0.39, 0.29) is 6.04 Å². The first-order valence-electron chi connectivity index (χ1n) is 11.3. The Morgan fingerprint density at radius 3 is 2.37 bits per heavy atom. The van der Waals surface area contributed by atoms with E-state index in [0.717, 1.165) is 57.6 Å². The number of guanidine groups is 1. The molecule has 1 aromatic carbocycles. The summed E-state index contributed by atoms with van der Waals surface area (Å²) in [7, 11) is 3.55. The largest absolute Gasteiger partial charge is 0.497 e. The summed E-state index contributed by atoms with van der Waals surface area (Å²) < 4.78 is 10.9. The predicted molar refractivity (Wildman–Crippen MR) is 122 cm³/mol. The molecule has 2 heterocycles. The second-order valence-electron chi connectivity index (χ2n) is 8.38. The van der Waals surface area contributed by atoms with E-state index in [1.54, 1.807) is 7.11 Å². The van der Waals surface area contributed by atoms with Crippen LogP contribution in [0.15, 0.2) is 29.3 Å². The van der Waals surface area contributed by atoms with Crippen LogP contribution in [0.2, 0.25) is 0 Å². The van der Waals surface area contributed by atoms with Crippen LogP contribution in [0.25, 0.3) is 0 Å². The SMILES string of the molecule is CN=C(NCC(C)CN1CCCC1)NCC(c1ccc(OC)cc1)N1CCOCC1. The Morgan fingerprint density at radius 2 is 1.73 bits per heavy atom. The lowest BCUT2D eigenvalue weighted by Gasteiger charge is -2.35. The fraction of sp³-hybridized carbons (Fsp3) is 0.696. The molecule has 0 spiro atoms. The minimum absolute atomic E-state index is 0.264. The van der Waals surface area contributed by atoms with Gasteiger partial charge in [-0.1, -0.05) is 19.1 Å². The first-order valence-corrected chi connectivity index (χ1v) is 11.3. The number of hydrogen-bond donors (Lipinski definition) is 2. The van der Waals surface area contributed by atoms with Crippen molar-refractivity contribution in [3.8, 4) is 5.75 Å². The van der Waals surface area contributed by atoms with E-state index in [1.807, 2.05) is 19.2 Å². The van der Waals surface area contributed by atoms with Crippen LogP contribution >= 0.6 is 0 Å². The third kappa shape index (κ3) is 6.86. The van der Waals surface area contributed by atoms with Gasteiger partial charge >= 0.3 is 0 Å². The molecule has 0 amide bonds. The molecule has 7 heteroatoms. The lowest BCUT2D eigenvalue weighted by atomic mass is 10.0. The van der Waals surface area contributed by atoms with Crippen molar-refractivity contribution < 1.29 is 9.47 Å². The van der Waals surface area contributed by atoms with Gasteiger partial charge in [-0.25, -0.2) is 0 Å². The molecule has 2 aliphatic heterocycles. The number of rotatable bonds is 9. The summed E-state index contributed by atoms with van der Waals surface area (Å²) in [6.45, 7) is 11.2. The van der Waals surface area contributed by atoms with E-state index < -0.39 is 0 Å². The zero-order chi connectivity index (χ0) is 21.2. The van der Waals surface area contributed by atoms with Crippen molar-refractivity contribution in [2.45, 2.75) is 25.8 Å². The van der Waals surface area contributed by atoms with Gasteiger partial charge in [-0.05, 0) is 49.5 Å². The molecular formula is C23H39N5O2. The standard InChI is InChI=1S/C23H39N5O2/c1-19(18-27-10-4-5-11-27)16-25-23(24-2)26-17-22(28-12-14-30-15-13-28)20-6-8-21(29-3)9-7-20/h6-9,19,22H,4-5,10-18H2,1-3H3,(H2,24,25,26). The van der Waals surface area contributed by atoms with Crippen LogP contribution in [0.1, 0.15) is 31.4 Å². The molecule has 3 rings (SSSR count). The van der Waals surface area contributed by atoms with E-state index in [0.29, 0.717) is 5.92 Å². The lowest BCUT2D eigenvalue weighted by Crippen LogP contribution is -2.47. The molecule has 7 nitrogen and oxygen atoms in total. The minimum atomic E-state index is 0.264. The molecule has 2 saturated heterocycles. The molecule has 2 fully saturated rings. The summed E-state index contributed by atoms with van der Waals surface area (Å²) in [5.41, 5.74) is 1.28. The number of ether oxygens (including phenoxy) is 2. The van der Waals surface area contributed by atoms with Gasteiger partial charge in [0.25, 0.3) is 0 Å². The number of aliphatic imine (C=N–C) groups is 1. The summed E-state index contributed by atoms with van der Waals surface area (Å²) in [6, 6.07) is 8.66. The van der Waals surface area contributed by atoms with Crippen LogP contribution in [-0.4, -0.2) is 88.9 Å². The third-order valence-electron chi connectivity index (χ3n) is 6.06. The number of benzene rings is 1. The molecule has 0 saturated carbocycles. The van der Waals surface area contributed by atoms with Crippen LogP contribution in [0.5, 0.6) is 5.75 Å². The fourth-order valence-electron chi connectivity index (χ4n) is 4.33. The van der Waals surface area contributed by atoms with Crippen molar-refractivity contribution >= 4 is 5.96 Å². The van der Waals surface area contributed by atoms with Gasteiger partial charge in [-0.15, -0.1) is 0 Å². The topological polar surface area (TPSA) is 61.4 Å². The van der Waals surface area contributed by atoms with E-state index in [2.05, 4.69) is 44.5 Å². The third-order valence-corrected chi connectivity index (χ3v) is 6.06. The van der Waals surface area contributed by atoms with Gasteiger partial charge in [0.1, 0.15) is 5.75 Å². The van der Waals surface area contributed by atoms with E-state index >= 15 is 0 Å². The van der Waals surface area contributed by atoms with Crippen molar-refractivity contribution in [2.24, 2.45) is 10.9 Å². The van der Waals surface area contributed by atoms with Crippen molar-refractivity contribution in [3.63, 3.8) is 0 Å². The van der Waals surface area contributed by atoms with Gasteiger partial charge in [-0.3, -0.25) is 9.89 Å². The van der Waals surface area contributed by atoms with Gasteiger partial charge in [0.15, 0.2) is 5.96 Å². The Kier molecular flexibility index (Phi) is 9.24. The summed E-state index contributed by atoms with van der Waals surface area (Å²) in [5, 5.41) is 7.07. The predicted octanol–water partition coefficient (Wildman–Crippen LogP) is 1.97. The molecule has 2 unspecified atom stereocenters. The van der Waals surface area contributed by atoms with Gasteiger partial charge in [0.05, 0.1) is 26.4 Å². The van der Waals surface area contributed by atoms with E-state index in [9.17, 15) is 0 Å². The Morgan fingerprint density at radius 1 is 1.07 bits per heavy atom. The second kappa shape index (κ2) is 12.1. The zero-order valence-electron chi connectivity index (χ0n) is 18.9. The highest BCUT2D eigenvalue weighted by Crippen LogP contribution is 2.23. The van der Waals surface area contributed by atoms with Crippen molar-refractivity contribution in [1.82, 2.24) is 20.4 Å². The molecule has 1 aromatic rings. The van der Waals surface area contributed by atoms with Crippen LogP contribution < -0.4 is 15.4 Å². The number of hydrogen-bond acceptors (Lipinski definition) is 5. The summed E-state index contributed by atoms with van der Waals surface area (Å²) in [4.78, 5) is 9.51. The van der Waals surface area contributed by atoms with Crippen LogP contribution in [0, 0.1) is 5.92 Å². The Balaban J connectivity index is 1.54. The summed E-state index contributed by atoms with van der Waals surface area (Å²) >= 11 is 0. The van der Waals surface area contributed by atoms with Crippen LogP contribution in [0.3, 0.4) is 0 Å². The Bertz CT molecular complexity index is 639. The van der Waals surface area contributed by atoms with Crippen molar-refractivity contribution in [2.75, 3.05) is 73.2 Å². The van der Waals surface area contributed by atoms with Crippen molar-refractivity contribution in [1.29, 1.82) is 0 Å². The quantitative estimate of drug-likeness (QED) is 0.473. The van der Waals surface area contributed by atoms with Gasteiger partial charge in [-0.2, -0.15) is 0 Å². The number of nitrogens with zero attached hydrogens (tertiary/aromatic N) is 3. The fourth-order valence-corrected chi connectivity index (χ4v) is 4.33. The molecule has 30 heavy (non-hydrogen) atoms. The van der Waals surface area contributed by atoms with Gasteiger partial charge in [0, 0.05) is 39.8 Å². The number of morpholine rings is 1. The average molecular weight is 418 g/mol. The normalized spacial score (nSPS) is 20.7. The number of nitrogens with one attached hydrogen (secondary N) is 2. The number of likely N-dealkylation sites (tertiary alicyclic amines) is 1. The van der Waals surface area contributed by atoms with Gasteiger partial charge in [0.2, 0.25) is 0 Å². The highest BCUT2D eigenvalue weighted by atomic mass is 16.5. The lowest BCUT2D eigenvalue weighted by molar-refractivity contribution is 0.0170. The molecule has 2 N–H and O–H groups in total. The highest BCUT2D eigenvalue weighted by molar-refractivity contribution is 5.79. The van der Waals surface area contributed by atoms with Crippen LogP contribution in [-0.2, 0) is 4.74 Å². The molecule has 0 bridgehead atoms. The van der Waals surface area contributed by atoms with E-state index in [1.165, 1.54) is 31.5 Å². The summed E-state index contributed by atoms with van der Waals surface area (Å²) in [6.07, 6.45) is 2.69. The highest BCUT2D eigenvalue weighted by Gasteiger charge is 2.23. The molecule has 2 atom stereocenters. The molecule has 0 aliphatic carbocycles. The van der Waals surface area contributed by atoms with Crippen molar-refractivity contribution in [3.05, 3.63) is 29.8 Å². The van der Waals surface area contributed by atoms with E-state index in [4.69, 9.17) is 9.47 Å². The monoisotopic (exact) mass is 417 g/mol. The molecular weight excluding hydrogens is 378 g/mol. The Hall–Kier alpha value is -1.83.